The standard InChI is InChI=1S/C19H20N2O4S/c22-18(15-5-4-6-16(13-15)21(23)24)20-14-19(9-11-25-12-10-19)26-17-7-2-1-3-8-17/h1-8,13H,9-12,14H2,(H,20,22). The molecule has 0 unspecified atom stereocenters. The Hall–Kier alpha value is -2.38. The number of thioether (sulfide) groups is 1. The number of nitro groups is 1. The molecule has 0 radical (unpaired) electrons. The van der Waals surface area contributed by atoms with Crippen LogP contribution in [0.4, 0.5) is 5.69 Å². The average molecular weight is 372 g/mol. The Labute approximate surface area is 156 Å². The second-order valence-corrected chi connectivity index (χ2v) is 7.74. The van der Waals surface area contributed by atoms with Crippen molar-refractivity contribution >= 4 is 23.4 Å². The molecule has 1 saturated heterocycles. The lowest BCUT2D eigenvalue weighted by atomic mass is 9.99. The van der Waals surface area contributed by atoms with E-state index in [2.05, 4.69) is 17.4 Å². The van der Waals surface area contributed by atoms with Crippen LogP contribution < -0.4 is 5.32 Å². The topological polar surface area (TPSA) is 81.5 Å². The third-order valence-electron chi connectivity index (χ3n) is 4.37. The van der Waals surface area contributed by atoms with E-state index >= 15 is 0 Å². The van der Waals surface area contributed by atoms with Gasteiger partial charge in [0.2, 0.25) is 0 Å². The van der Waals surface area contributed by atoms with Crippen LogP contribution in [-0.4, -0.2) is 35.3 Å². The van der Waals surface area contributed by atoms with Gasteiger partial charge in [-0.2, -0.15) is 0 Å². The largest absolute Gasteiger partial charge is 0.381 e. The molecule has 1 N–H and O–H groups in total. The fraction of sp³-hybridized carbons (Fsp3) is 0.316. The zero-order valence-electron chi connectivity index (χ0n) is 14.2. The zero-order valence-corrected chi connectivity index (χ0v) is 15.0. The first-order valence-electron chi connectivity index (χ1n) is 8.42. The average Bonchev–Trinajstić information content (AvgIpc) is 2.68. The minimum Gasteiger partial charge on any atom is -0.381 e. The van der Waals surface area contributed by atoms with Gasteiger partial charge in [-0.25, -0.2) is 0 Å². The second kappa shape index (κ2) is 8.33. The van der Waals surface area contributed by atoms with Crippen LogP contribution in [0.25, 0.3) is 0 Å². The van der Waals surface area contributed by atoms with E-state index in [1.807, 2.05) is 18.2 Å². The van der Waals surface area contributed by atoms with Crippen LogP contribution in [0.5, 0.6) is 0 Å². The molecular formula is C19H20N2O4S. The molecule has 0 aromatic heterocycles. The summed E-state index contributed by atoms with van der Waals surface area (Å²) in [5, 5.41) is 13.8. The number of nitrogens with zero attached hydrogens (tertiary/aromatic N) is 1. The number of rotatable bonds is 6. The molecule has 1 aliphatic rings. The lowest BCUT2D eigenvalue weighted by Gasteiger charge is -2.36. The van der Waals surface area contributed by atoms with E-state index in [4.69, 9.17) is 4.74 Å². The Bertz CT molecular complexity index is 776. The Kier molecular flexibility index (Phi) is 5.90. The summed E-state index contributed by atoms with van der Waals surface area (Å²) in [6, 6.07) is 15.9. The van der Waals surface area contributed by atoms with Gasteiger partial charge in [-0.1, -0.05) is 24.3 Å². The van der Waals surface area contributed by atoms with Gasteiger partial charge >= 0.3 is 0 Å². The van der Waals surface area contributed by atoms with Gasteiger partial charge in [0.05, 0.1) is 4.92 Å². The van der Waals surface area contributed by atoms with Crippen LogP contribution in [0.15, 0.2) is 59.5 Å². The van der Waals surface area contributed by atoms with E-state index in [9.17, 15) is 14.9 Å². The summed E-state index contributed by atoms with van der Waals surface area (Å²) in [6.45, 7) is 1.80. The van der Waals surface area contributed by atoms with Gasteiger partial charge in [-0.05, 0) is 31.0 Å². The van der Waals surface area contributed by atoms with E-state index in [1.165, 1.54) is 18.2 Å². The summed E-state index contributed by atoms with van der Waals surface area (Å²) in [7, 11) is 0. The van der Waals surface area contributed by atoms with E-state index < -0.39 is 4.92 Å². The smallest absolute Gasteiger partial charge is 0.270 e. The minimum atomic E-state index is -0.498. The molecule has 7 heteroatoms. The summed E-state index contributed by atoms with van der Waals surface area (Å²) >= 11 is 1.75. The number of amides is 1. The highest BCUT2D eigenvalue weighted by Crippen LogP contribution is 2.40. The molecular weight excluding hydrogens is 352 g/mol. The quantitative estimate of drug-likeness (QED) is 0.618. The normalized spacial score (nSPS) is 16.0. The van der Waals surface area contributed by atoms with Gasteiger partial charge < -0.3 is 10.1 Å². The molecule has 2 aromatic rings. The van der Waals surface area contributed by atoms with Crippen molar-refractivity contribution in [1.29, 1.82) is 0 Å². The van der Waals surface area contributed by atoms with Crippen LogP contribution in [0.2, 0.25) is 0 Å². The molecule has 3 rings (SSSR count). The molecule has 0 spiro atoms. The fourth-order valence-corrected chi connectivity index (χ4v) is 4.21. The van der Waals surface area contributed by atoms with Crippen LogP contribution in [0, 0.1) is 10.1 Å². The monoisotopic (exact) mass is 372 g/mol. The van der Waals surface area contributed by atoms with Gasteiger partial charge in [0.1, 0.15) is 0 Å². The second-order valence-electron chi connectivity index (χ2n) is 6.20. The number of ether oxygens (including phenoxy) is 1. The number of non-ortho nitro benzene ring substituents is 1. The summed E-state index contributed by atoms with van der Waals surface area (Å²) in [5.41, 5.74) is 0.211. The predicted octanol–water partition coefficient (Wildman–Crippen LogP) is 3.67. The van der Waals surface area contributed by atoms with Crippen molar-refractivity contribution in [2.45, 2.75) is 22.5 Å². The van der Waals surface area contributed by atoms with Crippen LogP contribution >= 0.6 is 11.8 Å². The van der Waals surface area contributed by atoms with Crippen molar-refractivity contribution in [3.05, 3.63) is 70.3 Å². The van der Waals surface area contributed by atoms with Gasteiger partial charge in [0.15, 0.2) is 0 Å². The summed E-state index contributed by atoms with van der Waals surface area (Å²) in [5.74, 6) is -0.298. The fourth-order valence-electron chi connectivity index (χ4n) is 2.90. The van der Waals surface area contributed by atoms with Gasteiger partial charge in [-0.3, -0.25) is 14.9 Å². The zero-order chi connectivity index (χ0) is 18.4. The molecule has 1 amide bonds. The maximum atomic E-state index is 12.5. The third-order valence-corrected chi connectivity index (χ3v) is 5.87. The minimum absolute atomic E-state index is 0.0860. The maximum Gasteiger partial charge on any atom is 0.270 e. The Morgan fingerprint density at radius 2 is 1.88 bits per heavy atom. The van der Waals surface area contributed by atoms with Crippen molar-refractivity contribution in [2.24, 2.45) is 0 Å². The first-order valence-corrected chi connectivity index (χ1v) is 9.24. The Morgan fingerprint density at radius 3 is 2.58 bits per heavy atom. The SMILES string of the molecule is O=C(NCC1(Sc2ccccc2)CCOCC1)c1cccc([N+](=O)[O-])c1. The van der Waals surface area contributed by atoms with Crippen LogP contribution in [0.1, 0.15) is 23.2 Å². The van der Waals surface area contributed by atoms with Crippen molar-refractivity contribution in [1.82, 2.24) is 5.32 Å². The number of carbonyl (C=O) groups is 1. The molecule has 6 nitrogen and oxygen atoms in total. The summed E-state index contributed by atoms with van der Waals surface area (Å²) < 4.78 is 5.35. The molecule has 0 bridgehead atoms. The third kappa shape index (κ3) is 4.62. The molecule has 26 heavy (non-hydrogen) atoms. The lowest BCUT2D eigenvalue weighted by molar-refractivity contribution is -0.384. The van der Waals surface area contributed by atoms with Gasteiger partial charge in [-0.15, -0.1) is 11.8 Å². The van der Waals surface area contributed by atoms with E-state index in [0.29, 0.717) is 25.3 Å². The van der Waals surface area contributed by atoms with Crippen molar-refractivity contribution in [3.8, 4) is 0 Å². The maximum absolute atomic E-state index is 12.5. The van der Waals surface area contributed by atoms with Crippen molar-refractivity contribution < 1.29 is 14.5 Å². The number of carbonyl (C=O) groups excluding carboxylic acids is 1. The van der Waals surface area contributed by atoms with E-state index in [-0.39, 0.29) is 16.3 Å². The summed E-state index contributed by atoms with van der Waals surface area (Å²) in [6.07, 6.45) is 1.67. The van der Waals surface area contributed by atoms with Crippen molar-refractivity contribution in [3.63, 3.8) is 0 Å². The molecule has 0 atom stereocenters. The molecule has 1 aliphatic heterocycles. The molecule has 136 valence electrons. The first kappa shape index (κ1) is 18.4. The summed E-state index contributed by atoms with van der Waals surface area (Å²) in [4.78, 5) is 24.0. The van der Waals surface area contributed by atoms with Crippen LogP contribution in [0.3, 0.4) is 0 Å². The number of hydrogen-bond donors (Lipinski definition) is 1. The lowest BCUT2D eigenvalue weighted by Crippen LogP contribution is -2.44. The number of nitro benzene ring substituents is 1. The van der Waals surface area contributed by atoms with Crippen LogP contribution in [-0.2, 0) is 4.74 Å². The molecule has 1 heterocycles. The molecule has 0 saturated carbocycles. The number of hydrogen-bond acceptors (Lipinski definition) is 5. The Balaban J connectivity index is 1.70. The van der Waals surface area contributed by atoms with Gasteiger partial charge in [0.25, 0.3) is 11.6 Å². The number of nitrogens with one attached hydrogen (secondary N) is 1. The van der Waals surface area contributed by atoms with E-state index in [0.717, 1.165) is 17.7 Å². The Morgan fingerprint density at radius 1 is 1.15 bits per heavy atom. The highest BCUT2D eigenvalue weighted by molar-refractivity contribution is 8.00. The van der Waals surface area contributed by atoms with Gasteiger partial charge in [0, 0.05) is 47.1 Å². The predicted molar refractivity (Wildman–Crippen MR) is 101 cm³/mol. The molecule has 2 aromatic carbocycles. The number of benzene rings is 2. The van der Waals surface area contributed by atoms with Crippen molar-refractivity contribution in [2.75, 3.05) is 19.8 Å². The highest BCUT2D eigenvalue weighted by atomic mass is 32.2. The molecule has 1 fully saturated rings. The first-order chi connectivity index (χ1) is 12.6. The highest BCUT2D eigenvalue weighted by Gasteiger charge is 2.34. The van der Waals surface area contributed by atoms with E-state index in [1.54, 1.807) is 17.8 Å². The molecule has 0 aliphatic carbocycles.